The number of hydrogen-bond acceptors (Lipinski definition) is 2. The van der Waals surface area contributed by atoms with Gasteiger partial charge in [0, 0.05) is 6.54 Å². The van der Waals surface area contributed by atoms with Gasteiger partial charge in [-0.2, -0.15) is 0 Å². The first-order valence-electron chi connectivity index (χ1n) is 7.10. The fourth-order valence-electron chi connectivity index (χ4n) is 2.39. The zero-order chi connectivity index (χ0) is 15.2. The maximum Gasteiger partial charge on any atom is 0.337 e. The number of amides is 2. The number of carbonyl (C=O) groups excluding carboxylic acids is 1. The Bertz CT molecular complexity index is 567. The molecule has 1 aromatic carbocycles. The minimum atomic E-state index is -1.05. The molecule has 2 amide bonds. The van der Waals surface area contributed by atoms with E-state index in [0.29, 0.717) is 18.2 Å². The standard InChI is InChI=1S/C16H20N2O3/c1-11-7-8-14(13(9-11)15(19)20)18-16(21)17-10-12-5-3-2-4-6-12/h2-3,7-9,12H,4-6,10H2,1H3,(H,19,20)(H2,17,18,21). The van der Waals surface area contributed by atoms with Crippen LogP contribution in [-0.4, -0.2) is 23.7 Å². The van der Waals surface area contributed by atoms with Gasteiger partial charge in [-0.05, 0) is 44.2 Å². The van der Waals surface area contributed by atoms with Crippen LogP contribution >= 0.6 is 0 Å². The predicted octanol–water partition coefficient (Wildman–Crippen LogP) is 3.17. The highest BCUT2D eigenvalue weighted by molar-refractivity contribution is 6.00. The van der Waals surface area contributed by atoms with Gasteiger partial charge in [0.05, 0.1) is 11.3 Å². The molecule has 5 nitrogen and oxygen atoms in total. The van der Waals surface area contributed by atoms with E-state index in [1.165, 1.54) is 0 Å². The highest BCUT2D eigenvalue weighted by Gasteiger charge is 2.14. The predicted molar refractivity (Wildman–Crippen MR) is 81.6 cm³/mol. The molecule has 0 fully saturated rings. The third-order valence-corrected chi connectivity index (χ3v) is 3.58. The summed E-state index contributed by atoms with van der Waals surface area (Å²) in [6, 6.07) is 4.57. The maximum absolute atomic E-state index is 11.9. The third-order valence-electron chi connectivity index (χ3n) is 3.58. The van der Waals surface area contributed by atoms with Crippen molar-refractivity contribution in [2.24, 2.45) is 5.92 Å². The van der Waals surface area contributed by atoms with Crippen molar-refractivity contribution in [2.75, 3.05) is 11.9 Å². The van der Waals surface area contributed by atoms with Crippen molar-refractivity contribution in [1.82, 2.24) is 5.32 Å². The van der Waals surface area contributed by atoms with Gasteiger partial charge in [0.1, 0.15) is 0 Å². The van der Waals surface area contributed by atoms with Crippen LogP contribution in [-0.2, 0) is 0 Å². The number of urea groups is 1. The molecular formula is C16H20N2O3. The normalized spacial score (nSPS) is 17.3. The zero-order valence-electron chi connectivity index (χ0n) is 12.1. The highest BCUT2D eigenvalue weighted by Crippen LogP contribution is 2.18. The first kappa shape index (κ1) is 15.1. The van der Waals surface area contributed by atoms with Crippen LogP contribution in [0.25, 0.3) is 0 Å². The average Bonchev–Trinajstić information content (AvgIpc) is 2.48. The molecule has 0 bridgehead atoms. The Hall–Kier alpha value is -2.30. The summed E-state index contributed by atoms with van der Waals surface area (Å²) in [5.41, 5.74) is 1.26. The second kappa shape index (κ2) is 6.92. The fourth-order valence-corrected chi connectivity index (χ4v) is 2.39. The SMILES string of the molecule is Cc1ccc(NC(=O)NCC2CC=CCC2)c(C(=O)O)c1. The molecular weight excluding hydrogens is 268 g/mol. The van der Waals surface area contributed by atoms with Crippen molar-refractivity contribution >= 4 is 17.7 Å². The first-order valence-corrected chi connectivity index (χ1v) is 7.10. The Morgan fingerprint density at radius 1 is 1.33 bits per heavy atom. The van der Waals surface area contributed by atoms with E-state index in [9.17, 15) is 9.59 Å². The van der Waals surface area contributed by atoms with Gasteiger partial charge in [0.25, 0.3) is 0 Å². The maximum atomic E-state index is 11.9. The number of hydrogen-bond donors (Lipinski definition) is 3. The molecule has 5 heteroatoms. The van der Waals surface area contributed by atoms with E-state index in [1.807, 2.05) is 6.92 Å². The second-order valence-electron chi connectivity index (χ2n) is 5.34. The number of benzene rings is 1. The largest absolute Gasteiger partial charge is 0.478 e. The van der Waals surface area contributed by atoms with Gasteiger partial charge in [-0.3, -0.25) is 0 Å². The number of rotatable bonds is 4. The lowest BCUT2D eigenvalue weighted by Gasteiger charge is -2.18. The number of anilines is 1. The van der Waals surface area contributed by atoms with Crippen molar-refractivity contribution in [3.05, 3.63) is 41.5 Å². The lowest BCUT2D eigenvalue weighted by molar-refractivity contribution is 0.0698. The van der Waals surface area contributed by atoms with E-state index in [1.54, 1.807) is 18.2 Å². The number of carboxylic acid groups (broad SMARTS) is 1. The monoisotopic (exact) mass is 288 g/mol. The summed E-state index contributed by atoms with van der Waals surface area (Å²) in [5.74, 6) is -0.593. The molecule has 0 saturated carbocycles. The lowest BCUT2D eigenvalue weighted by Crippen LogP contribution is -2.33. The summed E-state index contributed by atoms with van der Waals surface area (Å²) in [6.07, 6.45) is 7.39. The summed E-state index contributed by atoms with van der Waals surface area (Å²) >= 11 is 0. The fraction of sp³-hybridized carbons (Fsp3) is 0.375. The van der Waals surface area contributed by atoms with Gasteiger partial charge >= 0.3 is 12.0 Å². The average molecular weight is 288 g/mol. The quantitative estimate of drug-likeness (QED) is 0.745. The van der Waals surface area contributed by atoms with E-state index in [4.69, 9.17) is 5.11 Å². The van der Waals surface area contributed by atoms with Crippen molar-refractivity contribution in [1.29, 1.82) is 0 Å². The van der Waals surface area contributed by atoms with Gasteiger partial charge < -0.3 is 15.7 Å². The minimum absolute atomic E-state index is 0.103. The van der Waals surface area contributed by atoms with E-state index in [2.05, 4.69) is 22.8 Å². The summed E-state index contributed by atoms with van der Waals surface area (Å²) < 4.78 is 0. The van der Waals surface area contributed by atoms with Crippen LogP contribution < -0.4 is 10.6 Å². The molecule has 0 saturated heterocycles. The molecule has 1 unspecified atom stereocenters. The third kappa shape index (κ3) is 4.34. The molecule has 0 aromatic heterocycles. The van der Waals surface area contributed by atoms with Crippen molar-refractivity contribution in [2.45, 2.75) is 26.2 Å². The topological polar surface area (TPSA) is 78.4 Å². The molecule has 21 heavy (non-hydrogen) atoms. The number of aryl methyl sites for hydroxylation is 1. The van der Waals surface area contributed by atoms with Gasteiger partial charge in [-0.25, -0.2) is 9.59 Å². The summed E-state index contributed by atoms with van der Waals surface area (Å²) in [5, 5.41) is 14.6. The molecule has 112 valence electrons. The molecule has 0 radical (unpaired) electrons. The van der Waals surface area contributed by atoms with Gasteiger partial charge in [-0.15, -0.1) is 0 Å². The molecule has 0 heterocycles. The van der Waals surface area contributed by atoms with Crippen LogP contribution in [0.1, 0.15) is 35.2 Å². The smallest absolute Gasteiger partial charge is 0.337 e. The minimum Gasteiger partial charge on any atom is -0.478 e. The lowest BCUT2D eigenvalue weighted by atomic mass is 9.94. The number of aromatic carboxylic acids is 1. The van der Waals surface area contributed by atoms with Crippen molar-refractivity contribution in [3.8, 4) is 0 Å². The molecule has 3 N–H and O–H groups in total. The molecule has 0 spiro atoms. The van der Waals surface area contributed by atoms with Gasteiger partial charge in [0.15, 0.2) is 0 Å². The zero-order valence-corrected chi connectivity index (χ0v) is 12.1. The summed E-state index contributed by atoms with van der Waals surface area (Å²) in [7, 11) is 0. The number of allylic oxidation sites excluding steroid dienone is 2. The molecule has 1 aliphatic carbocycles. The molecule has 1 aliphatic rings. The van der Waals surface area contributed by atoms with Crippen LogP contribution in [0.15, 0.2) is 30.4 Å². The Labute approximate surface area is 124 Å². The van der Waals surface area contributed by atoms with Gasteiger partial charge in [0.2, 0.25) is 0 Å². The number of nitrogens with one attached hydrogen (secondary N) is 2. The Morgan fingerprint density at radius 2 is 2.14 bits per heavy atom. The molecule has 0 aliphatic heterocycles. The van der Waals surface area contributed by atoms with E-state index >= 15 is 0 Å². The first-order chi connectivity index (χ1) is 10.1. The van der Waals surface area contributed by atoms with Crippen LogP contribution in [0, 0.1) is 12.8 Å². The molecule has 2 rings (SSSR count). The van der Waals surface area contributed by atoms with Crippen LogP contribution in [0.5, 0.6) is 0 Å². The second-order valence-corrected chi connectivity index (χ2v) is 5.34. The Morgan fingerprint density at radius 3 is 2.81 bits per heavy atom. The van der Waals surface area contributed by atoms with Crippen LogP contribution in [0.3, 0.4) is 0 Å². The van der Waals surface area contributed by atoms with E-state index in [0.717, 1.165) is 24.8 Å². The van der Waals surface area contributed by atoms with Crippen LogP contribution in [0.4, 0.5) is 10.5 Å². The Balaban J connectivity index is 1.93. The van der Waals surface area contributed by atoms with E-state index in [-0.39, 0.29) is 11.6 Å². The van der Waals surface area contributed by atoms with Crippen molar-refractivity contribution < 1.29 is 14.7 Å². The van der Waals surface area contributed by atoms with Crippen molar-refractivity contribution in [3.63, 3.8) is 0 Å². The van der Waals surface area contributed by atoms with Gasteiger partial charge in [-0.1, -0.05) is 23.8 Å². The summed E-state index contributed by atoms with van der Waals surface area (Å²) in [6.45, 7) is 2.41. The van der Waals surface area contributed by atoms with E-state index < -0.39 is 5.97 Å². The molecule has 1 aromatic rings. The Kier molecular flexibility index (Phi) is 4.98. The summed E-state index contributed by atoms with van der Waals surface area (Å²) in [4.78, 5) is 23.1. The number of carbonyl (C=O) groups is 2. The highest BCUT2D eigenvalue weighted by atomic mass is 16.4. The number of carboxylic acids is 1. The van der Waals surface area contributed by atoms with Crippen LogP contribution in [0.2, 0.25) is 0 Å². The molecule has 1 atom stereocenters.